The number of hydrogen-bond donors (Lipinski definition) is 1. The van der Waals surface area contributed by atoms with E-state index in [4.69, 9.17) is 5.11 Å². The highest BCUT2D eigenvalue weighted by Crippen LogP contribution is 2.20. The first kappa shape index (κ1) is 11.6. The minimum atomic E-state index is 0.325. The molecular formula is C12H21N3O. The van der Waals surface area contributed by atoms with Crippen molar-refractivity contribution in [1.82, 2.24) is 14.7 Å². The third-order valence-electron chi connectivity index (χ3n) is 3.30. The first-order valence-corrected chi connectivity index (χ1v) is 6.08. The molecule has 2 rings (SSSR count). The highest BCUT2D eigenvalue weighted by molar-refractivity contribution is 5.03. The Balaban J connectivity index is 1.85. The molecule has 0 saturated carbocycles. The van der Waals surface area contributed by atoms with Gasteiger partial charge in [-0.3, -0.25) is 9.58 Å². The van der Waals surface area contributed by atoms with Crippen LogP contribution in [0.1, 0.15) is 24.8 Å². The van der Waals surface area contributed by atoms with Crippen LogP contribution in [0.15, 0.2) is 12.4 Å². The van der Waals surface area contributed by atoms with Crippen LogP contribution in [0.5, 0.6) is 0 Å². The summed E-state index contributed by atoms with van der Waals surface area (Å²) in [4.78, 5) is 2.47. The number of likely N-dealkylation sites (tertiary alicyclic amines) is 1. The van der Waals surface area contributed by atoms with Gasteiger partial charge in [-0.15, -0.1) is 0 Å². The zero-order valence-corrected chi connectivity index (χ0v) is 9.97. The van der Waals surface area contributed by atoms with Gasteiger partial charge in [0.2, 0.25) is 0 Å². The molecule has 90 valence electrons. The fraction of sp³-hybridized carbons (Fsp3) is 0.750. The normalized spacial score (nSPS) is 22.5. The lowest BCUT2D eigenvalue weighted by Gasteiger charge is -2.32. The van der Waals surface area contributed by atoms with Crippen molar-refractivity contribution in [2.45, 2.75) is 25.8 Å². The van der Waals surface area contributed by atoms with Crippen LogP contribution in [-0.4, -0.2) is 39.5 Å². The lowest BCUT2D eigenvalue weighted by molar-refractivity contribution is 0.142. The summed E-state index contributed by atoms with van der Waals surface area (Å²) in [5, 5.41) is 13.2. The Kier molecular flexibility index (Phi) is 3.96. The molecule has 2 heterocycles. The van der Waals surface area contributed by atoms with Crippen molar-refractivity contribution in [3.05, 3.63) is 18.0 Å². The molecule has 0 spiro atoms. The average Bonchev–Trinajstić information content (AvgIpc) is 2.65. The van der Waals surface area contributed by atoms with Crippen LogP contribution in [0.2, 0.25) is 0 Å². The molecule has 4 nitrogen and oxygen atoms in total. The zero-order valence-electron chi connectivity index (χ0n) is 9.97. The third kappa shape index (κ3) is 3.06. The predicted molar refractivity (Wildman–Crippen MR) is 62.9 cm³/mol. The highest BCUT2D eigenvalue weighted by atomic mass is 16.3. The zero-order chi connectivity index (χ0) is 11.4. The summed E-state index contributed by atoms with van der Waals surface area (Å²) in [5.74, 6) is 0.676. The Morgan fingerprint density at radius 1 is 1.56 bits per heavy atom. The van der Waals surface area contributed by atoms with Crippen molar-refractivity contribution in [3.63, 3.8) is 0 Å². The van der Waals surface area contributed by atoms with Crippen molar-refractivity contribution in [3.8, 4) is 0 Å². The van der Waals surface area contributed by atoms with Gasteiger partial charge in [0, 0.05) is 38.5 Å². The van der Waals surface area contributed by atoms with Crippen LogP contribution < -0.4 is 0 Å². The number of hydrogen-bond acceptors (Lipinski definition) is 3. The molecule has 1 aromatic heterocycles. The van der Waals surface area contributed by atoms with Gasteiger partial charge in [0.25, 0.3) is 0 Å². The van der Waals surface area contributed by atoms with Crippen LogP contribution in [0.25, 0.3) is 0 Å². The number of aromatic nitrogens is 2. The van der Waals surface area contributed by atoms with Gasteiger partial charge in [0.05, 0.1) is 6.20 Å². The Bertz CT molecular complexity index is 322. The van der Waals surface area contributed by atoms with E-state index in [9.17, 15) is 0 Å². The molecule has 0 bridgehead atoms. The number of aryl methyl sites for hydroxylation is 1. The molecule has 0 radical (unpaired) electrons. The molecule has 1 N–H and O–H groups in total. The van der Waals surface area contributed by atoms with E-state index in [2.05, 4.69) is 16.2 Å². The van der Waals surface area contributed by atoms with E-state index >= 15 is 0 Å². The number of aliphatic hydroxyl groups is 1. The summed E-state index contributed by atoms with van der Waals surface area (Å²) in [5.41, 5.74) is 1.28. The third-order valence-corrected chi connectivity index (χ3v) is 3.30. The molecular weight excluding hydrogens is 202 g/mol. The molecule has 4 heteroatoms. The maximum Gasteiger partial charge on any atom is 0.0534 e. The summed E-state index contributed by atoms with van der Waals surface area (Å²) < 4.78 is 1.85. The van der Waals surface area contributed by atoms with Crippen molar-refractivity contribution in [2.24, 2.45) is 13.0 Å². The quantitative estimate of drug-likeness (QED) is 0.828. The lowest BCUT2D eigenvalue weighted by Crippen LogP contribution is -2.35. The molecule has 0 aliphatic carbocycles. The maximum absolute atomic E-state index is 8.97. The number of piperidine rings is 1. The summed E-state index contributed by atoms with van der Waals surface area (Å²) in [6.45, 7) is 3.62. The predicted octanol–water partition coefficient (Wildman–Crippen LogP) is 1.01. The van der Waals surface area contributed by atoms with Crippen LogP contribution in [0.3, 0.4) is 0 Å². The highest BCUT2D eigenvalue weighted by Gasteiger charge is 2.19. The molecule has 1 fully saturated rings. The maximum atomic E-state index is 8.97. The first-order valence-electron chi connectivity index (χ1n) is 6.08. The van der Waals surface area contributed by atoms with Gasteiger partial charge in [-0.1, -0.05) is 0 Å². The molecule has 1 atom stereocenters. The first-order chi connectivity index (χ1) is 7.78. The van der Waals surface area contributed by atoms with E-state index in [-0.39, 0.29) is 0 Å². The minimum Gasteiger partial charge on any atom is -0.396 e. The number of rotatable bonds is 4. The van der Waals surface area contributed by atoms with E-state index in [1.807, 2.05) is 17.9 Å². The van der Waals surface area contributed by atoms with Gasteiger partial charge in [-0.25, -0.2) is 0 Å². The van der Waals surface area contributed by atoms with Gasteiger partial charge >= 0.3 is 0 Å². The summed E-state index contributed by atoms with van der Waals surface area (Å²) >= 11 is 0. The van der Waals surface area contributed by atoms with Crippen molar-refractivity contribution in [1.29, 1.82) is 0 Å². The van der Waals surface area contributed by atoms with Crippen LogP contribution in [0, 0.1) is 5.92 Å². The van der Waals surface area contributed by atoms with E-state index in [1.54, 1.807) is 0 Å². The van der Waals surface area contributed by atoms with E-state index < -0.39 is 0 Å². The van der Waals surface area contributed by atoms with Gasteiger partial charge in [0.15, 0.2) is 0 Å². The fourth-order valence-corrected chi connectivity index (χ4v) is 2.52. The van der Waals surface area contributed by atoms with Gasteiger partial charge in [-0.2, -0.15) is 5.10 Å². The summed E-state index contributed by atoms with van der Waals surface area (Å²) in [6, 6.07) is 0. The van der Waals surface area contributed by atoms with Crippen molar-refractivity contribution < 1.29 is 5.11 Å². The molecule has 0 amide bonds. The van der Waals surface area contributed by atoms with E-state index in [0.717, 1.165) is 19.5 Å². The fourth-order valence-electron chi connectivity index (χ4n) is 2.52. The molecule has 1 aliphatic heterocycles. The van der Waals surface area contributed by atoms with Gasteiger partial charge in [-0.05, 0) is 31.7 Å². The monoisotopic (exact) mass is 223 g/mol. The van der Waals surface area contributed by atoms with Crippen LogP contribution in [0.4, 0.5) is 0 Å². The second-order valence-electron chi connectivity index (χ2n) is 4.78. The van der Waals surface area contributed by atoms with E-state index in [0.29, 0.717) is 12.5 Å². The van der Waals surface area contributed by atoms with Crippen LogP contribution in [-0.2, 0) is 13.6 Å². The minimum absolute atomic E-state index is 0.325. The molecule has 0 aromatic carbocycles. The number of nitrogens with zero attached hydrogens (tertiary/aromatic N) is 3. The molecule has 16 heavy (non-hydrogen) atoms. The van der Waals surface area contributed by atoms with Crippen LogP contribution >= 0.6 is 0 Å². The lowest BCUT2D eigenvalue weighted by atomic mass is 9.95. The Labute approximate surface area is 96.9 Å². The topological polar surface area (TPSA) is 41.3 Å². The Morgan fingerprint density at radius 3 is 3.12 bits per heavy atom. The largest absolute Gasteiger partial charge is 0.396 e. The average molecular weight is 223 g/mol. The van der Waals surface area contributed by atoms with Crippen molar-refractivity contribution in [2.75, 3.05) is 19.7 Å². The SMILES string of the molecule is Cn1cc(CN2CCCC(CCO)C2)cn1. The summed E-state index contributed by atoms with van der Waals surface area (Å²) in [7, 11) is 1.95. The molecule has 1 saturated heterocycles. The standard InChI is InChI=1S/C12H21N3O/c1-14-8-12(7-13-14)10-15-5-2-3-11(9-15)4-6-16/h7-8,11,16H,2-6,9-10H2,1H3. The van der Waals surface area contributed by atoms with E-state index in [1.165, 1.54) is 24.9 Å². The Morgan fingerprint density at radius 2 is 2.44 bits per heavy atom. The molecule has 1 aliphatic rings. The second kappa shape index (κ2) is 5.46. The smallest absolute Gasteiger partial charge is 0.0534 e. The van der Waals surface area contributed by atoms with Crippen molar-refractivity contribution >= 4 is 0 Å². The molecule has 1 aromatic rings. The Hall–Kier alpha value is -0.870. The number of aliphatic hydroxyl groups excluding tert-OH is 1. The summed E-state index contributed by atoms with van der Waals surface area (Å²) in [6.07, 6.45) is 7.49. The molecule has 1 unspecified atom stereocenters. The van der Waals surface area contributed by atoms with Gasteiger partial charge in [0.1, 0.15) is 0 Å². The second-order valence-corrected chi connectivity index (χ2v) is 4.78. The van der Waals surface area contributed by atoms with Gasteiger partial charge < -0.3 is 5.11 Å².